The summed E-state index contributed by atoms with van der Waals surface area (Å²) in [7, 11) is 0. The van der Waals surface area contributed by atoms with Gasteiger partial charge in [-0.25, -0.2) is 0 Å². The Labute approximate surface area is 175 Å². The van der Waals surface area contributed by atoms with Gasteiger partial charge < -0.3 is 0 Å². The van der Waals surface area contributed by atoms with Crippen LogP contribution in [0.2, 0.25) is 0 Å². The van der Waals surface area contributed by atoms with Crippen LogP contribution in [0.1, 0.15) is 115 Å². The van der Waals surface area contributed by atoms with E-state index in [2.05, 4.69) is 107 Å². The smallest absolute Gasteiger partial charge is 0.0290 e. The summed E-state index contributed by atoms with van der Waals surface area (Å²) in [6, 6.07) is 0. The summed E-state index contributed by atoms with van der Waals surface area (Å²) in [4.78, 5) is 0. The van der Waals surface area contributed by atoms with E-state index in [0.717, 1.165) is 29.6 Å². The topological polar surface area (TPSA) is 0 Å². The molecule has 0 aromatic heterocycles. The first-order chi connectivity index (χ1) is 12.4. The quantitative estimate of drug-likeness (QED) is 0.331. The van der Waals surface area contributed by atoms with Crippen LogP contribution in [0.25, 0.3) is 0 Å². The van der Waals surface area contributed by atoms with Gasteiger partial charge >= 0.3 is 0 Å². The minimum absolute atomic E-state index is 0.712. The molecule has 0 amide bonds. The second-order valence-corrected chi connectivity index (χ2v) is 10.4. The third-order valence-electron chi connectivity index (χ3n) is 3.83. The van der Waals surface area contributed by atoms with Crippen molar-refractivity contribution in [2.75, 3.05) is 0 Å². The van der Waals surface area contributed by atoms with E-state index in [-0.39, 0.29) is 0 Å². The van der Waals surface area contributed by atoms with Gasteiger partial charge in [-0.1, -0.05) is 120 Å². The highest BCUT2D eigenvalue weighted by molar-refractivity contribution is 4.85. The lowest BCUT2D eigenvalue weighted by molar-refractivity contribution is 0.476. The molecule has 0 aromatic carbocycles. The number of allylic oxidation sites excluding steroid dienone is 4. The maximum Gasteiger partial charge on any atom is -0.0290 e. The van der Waals surface area contributed by atoms with Gasteiger partial charge in [-0.3, -0.25) is 0 Å². The summed E-state index contributed by atoms with van der Waals surface area (Å²) in [5.74, 6) is 4.91. The van der Waals surface area contributed by atoms with Gasteiger partial charge in [0, 0.05) is 0 Å². The van der Waals surface area contributed by atoms with Gasteiger partial charge in [0.1, 0.15) is 0 Å². The molecular formula is C27H56. The van der Waals surface area contributed by atoms with Gasteiger partial charge in [-0.15, -0.1) is 0 Å². The molecule has 164 valence electrons. The minimum Gasteiger partial charge on any atom is -0.0883 e. The van der Waals surface area contributed by atoms with Crippen molar-refractivity contribution in [3.05, 3.63) is 24.3 Å². The first-order valence-corrected chi connectivity index (χ1v) is 11.7. The average molecular weight is 381 g/mol. The second-order valence-electron chi connectivity index (χ2n) is 10.4. The van der Waals surface area contributed by atoms with E-state index in [0.29, 0.717) is 5.92 Å². The maximum atomic E-state index is 2.30. The molecule has 0 rings (SSSR count). The predicted octanol–water partition coefficient (Wildman–Crippen LogP) is 9.96. The number of rotatable bonds is 10. The molecule has 0 saturated heterocycles. The van der Waals surface area contributed by atoms with E-state index in [1.54, 1.807) is 0 Å². The highest BCUT2D eigenvalue weighted by Crippen LogP contribution is 2.09. The predicted molar refractivity (Wildman–Crippen MR) is 130 cm³/mol. The third-order valence-corrected chi connectivity index (χ3v) is 3.83. The van der Waals surface area contributed by atoms with Crippen LogP contribution in [0.4, 0.5) is 0 Å². The van der Waals surface area contributed by atoms with E-state index >= 15 is 0 Å². The highest BCUT2D eigenvalue weighted by atomic mass is 14.0. The Morgan fingerprint density at radius 1 is 0.407 bits per heavy atom. The second kappa shape index (κ2) is 21.8. The molecule has 0 aromatic rings. The molecule has 0 heterocycles. The molecule has 0 spiro atoms. The molecule has 0 N–H and O–H groups in total. The Hall–Kier alpha value is -0.520. The van der Waals surface area contributed by atoms with Crippen molar-refractivity contribution >= 4 is 0 Å². The lowest BCUT2D eigenvalue weighted by Crippen LogP contribution is -1.91. The van der Waals surface area contributed by atoms with Crippen LogP contribution in [0.5, 0.6) is 0 Å². The summed E-state index contributed by atoms with van der Waals surface area (Å²) in [6.45, 7) is 27.0. The third kappa shape index (κ3) is 46.0. The molecule has 0 bridgehead atoms. The fourth-order valence-electron chi connectivity index (χ4n) is 2.03. The lowest BCUT2D eigenvalue weighted by Gasteiger charge is -2.05. The Balaban J connectivity index is -0.000000322. The van der Waals surface area contributed by atoms with Crippen molar-refractivity contribution in [3.63, 3.8) is 0 Å². The molecule has 0 nitrogen and oxygen atoms in total. The van der Waals surface area contributed by atoms with E-state index in [1.165, 1.54) is 32.1 Å². The zero-order valence-corrected chi connectivity index (χ0v) is 21.3. The first-order valence-electron chi connectivity index (χ1n) is 11.7. The van der Waals surface area contributed by atoms with E-state index in [4.69, 9.17) is 0 Å². The Kier molecular flexibility index (Phi) is 25.2. The molecule has 0 fully saturated rings. The first kappa shape index (κ1) is 31.2. The van der Waals surface area contributed by atoms with E-state index in [9.17, 15) is 0 Å². The van der Waals surface area contributed by atoms with Gasteiger partial charge in [0.05, 0.1) is 0 Å². The molecule has 0 radical (unpaired) electrons. The zero-order chi connectivity index (χ0) is 21.8. The lowest BCUT2D eigenvalue weighted by atomic mass is 10.0. The highest BCUT2D eigenvalue weighted by Gasteiger charge is 1.95. The summed E-state index contributed by atoms with van der Waals surface area (Å²) < 4.78 is 0. The van der Waals surface area contributed by atoms with Gasteiger partial charge in [-0.2, -0.15) is 0 Å². The molecule has 0 heteroatoms. The summed E-state index contributed by atoms with van der Waals surface area (Å²) in [5.41, 5.74) is 0. The monoisotopic (exact) mass is 380 g/mol. The van der Waals surface area contributed by atoms with Crippen molar-refractivity contribution in [3.8, 4) is 0 Å². The normalized spacial score (nSPS) is 11.9. The fraction of sp³-hybridized carbons (Fsp3) is 0.852. The van der Waals surface area contributed by atoms with Crippen LogP contribution in [0.3, 0.4) is 0 Å². The molecule has 0 saturated carbocycles. The largest absolute Gasteiger partial charge is 0.0883 e. The molecule has 0 unspecified atom stereocenters. The Bertz CT molecular complexity index is 293. The zero-order valence-electron chi connectivity index (χ0n) is 21.3. The Morgan fingerprint density at radius 2 is 0.704 bits per heavy atom. The molecular weight excluding hydrogens is 324 g/mol. The van der Waals surface area contributed by atoms with Gasteiger partial charge in [0.15, 0.2) is 0 Å². The van der Waals surface area contributed by atoms with Crippen molar-refractivity contribution in [1.29, 1.82) is 0 Å². The average Bonchev–Trinajstić information content (AvgIpc) is 2.50. The Morgan fingerprint density at radius 3 is 0.926 bits per heavy atom. The van der Waals surface area contributed by atoms with Crippen LogP contribution in [-0.2, 0) is 0 Å². The van der Waals surface area contributed by atoms with Crippen LogP contribution < -0.4 is 0 Å². The molecule has 0 aliphatic carbocycles. The van der Waals surface area contributed by atoms with Gasteiger partial charge in [-0.05, 0) is 54.8 Å². The van der Waals surface area contributed by atoms with Crippen LogP contribution in [-0.4, -0.2) is 0 Å². The van der Waals surface area contributed by atoms with Crippen molar-refractivity contribution in [2.24, 2.45) is 35.5 Å². The van der Waals surface area contributed by atoms with Crippen LogP contribution in [0.15, 0.2) is 24.3 Å². The number of hydrogen-bond donors (Lipinski definition) is 0. The molecule has 0 atom stereocenters. The van der Waals surface area contributed by atoms with E-state index in [1.807, 2.05) is 0 Å². The molecule has 0 aliphatic heterocycles. The standard InChI is InChI=1S/C10H20.C9H18.C8H18/c1-9(2)7-5-6-8-10(3)4;1-8(2)6-5-7-9(3)4;1-7(2)5-6-8(3)4/h5-6,9-10H,7-8H2,1-4H3;5-6,8-9H,7H2,1-4H3;7-8H,5-6H2,1-4H3/b2*6-5+;. The fourth-order valence-corrected chi connectivity index (χ4v) is 2.03. The van der Waals surface area contributed by atoms with Crippen molar-refractivity contribution in [1.82, 2.24) is 0 Å². The van der Waals surface area contributed by atoms with Crippen molar-refractivity contribution < 1.29 is 0 Å². The maximum absolute atomic E-state index is 2.30. The summed E-state index contributed by atoms with van der Waals surface area (Å²) in [6.07, 6.45) is 15.6. The molecule has 0 aliphatic rings. The minimum atomic E-state index is 0.712. The van der Waals surface area contributed by atoms with Crippen LogP contribution >= 0.6 is 0 Å². The van der Waals surface area contributed by atoms with Crippen molar-refractivity contribution in [2.45, 2.75) is 115 Å². The SMILES string of the molecule is CC(C)/C=C/CC(C)C.CC(C)C/C=C/CC(C)C.CC(C)CCC(C)C. The van der Waals surface area contributed by atoms with Crippen LogP contribution in [0, 0.1) is 35.5 Å². The number of hydrogen-bond acceptors (Lipinski definition) is 0. The summed E-state index contributed by atoms with van der Waals surface area (Å²) in [5, 5.41) is 0. The van der Waals surface area contributed by atoms with E-state index < -0.39 is 0 Å². The summed E-state index contributed by atoms with van der Waals surface area (Å²) >= 11 is 0. The molecule has 27 heavy (non-hydrogen) atoms. The van der Waals surface area contributed by atoms with Gasteiger partial charge in [0.25, 0.3) is 0 Å². The van der Waals surface area contributed by atoms with Gasteiger partial charge in [0.2, 0.25) is 0 Å².